The minimum atomic E-state index is -0.283. The summed E-state index contributed by atoms with van der Waals surface area (Å²) >= 11 is 0. The fourth-order valence-electron chi connectivity index (χ4n) is 4.20. The van der Waals surface area contributed by atoms with E-state index in [4.69, 9.17) is 14.6 Å². The second-order valence-corrected chi connectivity index (χ2v) is 9.82. The van der Waals surface area contributed by atoms with Gasteiger partial charge in [-0.15, -0.1) is 0 Å². The molecule has 1 saturated heterocycles. The van der Waals surface area contributed by atoms with Crippen LogP contribution in [0.25, 0.3) is 11.2 Å². The molecule has 0 radical (unpaired) electrons. The average Bonchev–Trinajstić information content (AvgIpc) is 3.59. The zero-order valence-electron chi connectivity index (χ0n) is 21.1. The van der Waals surface area contributed by atoms with E-state index in [1.54, 1.807) is 25.4 Å². The highest BCUT2D eigenvalue weighted by Crippen LogP contribution is 2.32. The van der Waals surface area contributed by atoms with Crippen LogP contribution >= 0.6 is 0 Å². The van der Waals surface area contributed by atoms with Crippen molar-refractivity contribution < 1.29 is 14.3 Å². The number of amides is 1. The van der Waals surface area contributed by atoms with Crippen molar-refractivity contribution in [2.45, 2.75) is 38.6 Å². The maximum atomic E-state index is 11.9. The van der Waals surface area contributed by atoms with Crippen LogP contribution in [0.5, 0.6) is 11.5 Å². The summed E-state index contributed by atoms with van der Waals surface area (Å²) in [6, 6.07) is 7.43. The van der Waals surface area contributed by atoms with Crippen LogP contribution in [0.2, 0.25) is 0 Å². The van der Waals surface area contributed by atoms with Crippen molar-refractivity contribution in [3.8, 4) is 11.5 Å². The summed E-state index contributed by atoms with van der Waals surface area (Å²) in [6.07, 6.45) is 4.08. The highest BCUT2D eigenvalue weighted by molar-refractivity contribution is 5.92. The highest BCUT2D eigenvalue weighted by Gasteiger charge is 2.28. The monoisotopic (exact) mass is 490 g/mol. The molecular weight excluding hydrogens is 460 g/mol. The van der Waals surface area contributed by atoms with Crippen molar-refractivity contribution in [1.82, 2.24) is 34.6 Å². The van der Waals surface area contributed by atoms with Crippen LogP contribution in [0.3, 0.4) is 0 Å². The number of carbonyl (C=O) groups excluding carboxylic acids is 1. The highest BCUT2D eigenvalue weighted by atomic mass is 16.5. The molecule has 4 aromatic heterocycles. The van der Waals surface area contributed by atoms with Crippen LogP contribution in [0, 0.1) is 0 Å². The number of nitrogens with one attached hydrogen (secondary N) is 2. The van der Waals surface area contributed by atoms with E-state index in [0.717, 1.165) is 30.1 Å². The van der Waals surface area contributed by atoms with Crippen molar-refractivity contribution >= 4 is 28.8 Å². The summed E-state index contributed by atoms with van der Waals surface area (Å²) in [7, 11) is 3.46. The maximum Gasteiger partial charge on any atom is 0.269 e. The number of imidazole rings is 1. The van der Waals surface area contributed by atoms with Gasteiger partial charge in [0, 0.05) is 56.2 Å². The van der Waals surface area contributed by atoms with Crippen LogP contribution in [0.4, 0.5) is 11.8 Å². The van der Waals surface area contributed by atoms with Gasteiger partial charge >= 0.3 is 0 Å². The van der Waals surface area contributed by atoms with Crippen LogP contribution in [0.15, 0.2) is 36.7 Å². The van der Waals surface area contributed by atoms with Crippen molar-refractivity contribution in [3.05, 3.63) is 48.0 Å². The Kier molecular flexibility index (Phi) is 6.09. The van der Waals surface area contributed by atoms with Gasteiger partial charge in [-0.1, -0.05) is 20.8 Å². The predicted octanol–water partition coefficient (Wildman–Crippen LogP) is 3.71. The molecule has 5 heterocycles. The fourth-order valence-corrected chi connectivity index (χ4v) is 4.20. The summed E-state index contributed by atoms with van der Waals surface area (Å²) in [5.74, 6) is 2.07. The Labute approximate surface area is 208 Å². The number of hydrogen-bond acceptors (Lipinski definition) is 8. The molecule has 0 spiro atoms. The molecule has 11 heteroatoms. The zero-order chi connectivity index (χ0) is 25.4. The number of carbonyl (C=O) groups is 1. The number of nitrogens with zero attached hydrogens (tertiary/aromatic N) is 6. The molecule has 36 heavy (non-hydrogen) atoms. The molecule has 1 atom stereocenters. The van der Waals surface area contributed by atoms with Gasteiger partial charge in [-0.25, -0.2) is 4.98 Å². The Bertz CT molecular complexity index is 1410. The molecule has 5 rings (SSSR count). The third kappa shape index (κ3) is 4.61. The molecule has 1 amide bonds. The maximum absolute atomic E-state index is 11.9. The summed E-state index contributed by atoms with van der Waals surface area (Å²) in [4.78, 5) is 25.0. The molecule has 0 unspecified atom stereocenters. The standard InChI is InChI=1S/C25H30N8O3/c1-25(2,3)20-12-21(31-33(20)15-7-9-35-14-15)29-24-30-22-19(32(24)5)11-17(13-28-22)36-16-6-8-27-18(10-16)23(34)26-4/h6,8,10-13,15H,7,9,14H2,1-5H3,(H,26,34)(H,28,29,30,31)/t15-/m1/s1. The number of fused-ring (bicyclic) bond motifs is 1. The number of hydrogen-bond donors (Lipinski definition) is 2. The number of aromatic nitrogens is 6. The summed E-state index contributed by atoms with van der Waals surface area (Å²) in [6.45, 7) is 7.97. The Morgan fingerprint density at radius 1 is 1.19 bits per heavy atom. The molecular formula is C25H30N8O3. The Morgan fingerprint density at radius 3 is 2.75 bits per heavy atom. The zero-order valence-corrected chi connectivity index (χ0v) is 21.1. The van der Waals surface area contributed by atoms with Crippen LogP contribution in [0.1, 0.15) is 49.4 Å². The lowest BCUT2D eigenvalue weighted by molar-refractivity contribution is 0.0958. The molecule has 2 N–H and O–H groups in total. The third-order valence-corrected chi connectivity index (χ3v) is 6.14. The van der Waals surface area contributed by atoms with E-state index in [9.17, 15) is 4.79 Å². The molecule has 188 valence electrons. The van der Waals surface area contributed by atoms with Crippen LogP contribution in [-0.2, 0) is 17.2 Å². The van der Waals surface area contributed by atoms with Crippen molar-refractivity contribution in [2.24, 2.45) is 7.05 Å². The first kappa shape index (κ1) is 23.7. The number of ether oxygens (including phenoxy) is 2. The summed E-state index contributed by atoms with van der Waals surface area (Å²) in [5, 5.41) is 10.8. The van der Waals surface area contributed by atoms with E-state index in [0.29, 0.717) is 29.7 Å². The van der Waals surface area contributed by atoms with Gasteiger partial charge in [-0.3, -0.25) is 14.5 Å². The van der Waals surface area contributed by atoms with Crippen molar-refractivity contribution in [1.29, 1.82) is 0 Å². The van der Waals surface area contributed by atoms with Crippen LogP contribution < -0.4 is 15.4 Å². The molecule has 0 aliphatic carbocycles. The van der Waals surface area contributed by atoms with E-state index in [1.165, 1.54) is 6.20 Å². The fraction of sp³-hybridized carbons (Fsp3) is 0.400. The van der Waals surface area contributed by atoms with Crippen molar-refractivity contribution in [2.75, 3.05) is 25.6 Å². The topological polar surface area (TPSA) is 121 Å². The average molecular weight is 491 g/mol. The van der Waals surface area contributed by atoms with E-state index in [-0.39, 0.29) is 23.1 Å². The Morgan fingerprint density at radius 2 is 2.03 bits per heavy atom. The number of anilines is 2. The third-order valence-electron chi connectivity index (χ3n) is 6.14. The van der Waals surface area contributed by atoms with Gasteiger partial charge in [-0.05, 0) is 12.5 Å². The lowest BCUT2D eigenvalue weighted by Crippen LogP contribution is -2.22. The molecule has 0 aromatic carbocycles. The van der Waals surface area contributed by atoms with Gasteiger partial charge in [0.15, 0.2) is 11.5 Å². The predicted molar refractivity (Wildman–Crippen MR) is 135 cm³/mol. The Hall–Kier alpha value is -3.99. The van der Waals surface area contributed by atoms with Gasteiger partial charge in [0.2, 0.25) is 5.95 Å². The van der Waals surface area contributed by atoms with E-state index >= 15 is 0 Å². The lowest BCUT2D eigenvalue weighted by Gasteiger charge is -2.22. The summed E-state index contributed by atoms with van der Waals surface area (Å²) < 4.78 is 15.5. The molecule has 11 nitrogen and oxygen atoms in total. The van der Waals surface area contributed by atoms with E-state index in [1.807, 2.05) is 17.7 Å². The molecule has 0 saturated carbocycles. The first-order chi connectivity index (χ1) is 17.2. The smallest absolute Gasteiger partial charge is 0.269 e. The minimum absolute atomic E-state index is 0.0692. The number of aryl methyl sites for hydroxylation is 1. The molecule has 1 aliphatic heterocycles. The number of rotatable bonds is 6. The summed E-state index contributed by atoms with van der Waals surface area (Å²) in [5.41, 5.74) is 2.71. The van der Waals surface area contributed by atoms with Gasteiger partial charge in [-0.2, -0.15) is 10.1 Å². The van der Waals surface area contributed by atoms with Crippen LogP contribution in [-0.4, -0.2) is 55.5 Å². The van der Waals surface area contributed by atoms with Gasteiger partial charge < -0.3 is 24.7 Å². The quantitative estimate of drug-likeness (QED) is 0.420. The van der Waals surface area contributed by atoms with E-state index in [2.05, 4.69) is 57.1 Å². The normalized spacial score (nSPS) is 15.9. The van der Waals surface area contributed by atoms with E-state index < -0.39 is 0 Å². The first-order valence-corrected chi connectivity index (χ1v) is 11.9. The lowest BCUT2D eigenvalue weighted by atomic mass is 9.91. The molecule has 4 aromatic rings. The Balaban J connectivity index is 1.41. The largest absolute Gasteiger partial charge is 0.456 e. The molecule has 0 bridgehead atoms. The first-order valence-electron chi connectivity index (χ1n) is 11.9. The second-order valence-electron chi connectivity index (χ2n) is 9.82. The van der Waals surface area contributed by atoms with Gasteiger partial charge in [0.25, 0.3) is 5.91 Å². The van der Waals surface area contributed by atoms with Crippen molar-refractivity contribution in [3.63, 3.8) is 0 Å². The second kappa shape index (κ2) is 9.23. The van der Waals surface area contributed by atoms with Gasteiger partial charge in [0.05, 0.1) is 24.4 Å². The molecule has 1 fully saturated rings. The minimum Gasteiger partial charge on any atom is -0.456 e. The number of pyridine rings is 2. The SMILES string of the molecule is CNC(=O)c1cc(Oc2cnc3nc(Nc4cc(C(C)(C)C)n([C@@H]5CCOC5)n4)n(C)c3c2)ccn1. The molecule has 1 aliphatic rings. The van der Waals surface area contributed by atoms with Gasteiger partial charge in [0.1, 0.15) is 17.2 Å².